The molecule has 0 unspecified atom stereocenters. The second-order valence-electron chi connectivity index (χ2n) is 3.45. The van der Waals surface area contributed by atoms with Crippen LogP contribution in [0.1, 0.15) is 17.9 Å². The lowest BCUT2D eigenvalue weighted by Crippen LogP contribution is -2.17. The molecule has 0 aliphatic rings. The molecule has 4 nitrogen and oxygen atoms in total. The van der Waals surface area contributed by atoms with Gasteiger partial charge < -0.3 is 15.2 Å². The van der Waals surface area contributed by atoms with Crippen molar-refractivity contribution in [3.63, 3.8) is 0 Å². The molecule has 0 aromatic heterocycles. The van der Waals surface area contributed by atoms with Crippen molar-refractivity contribution in [2.45, 2.75) is 12.3 Å². The predicted molar refractivity (Wildman–Crippen MR) is 61.4 cm³/mol. The smallest absolute Gasteiger partial charge is 0.306 e. The van der Waals surface area contributed by atoms with Crippen molar-refractivity contribution in [2.24, 2.45) is 5.73 Å². The summed E-state index contributed by atoms with van der Waals surface area (Å²) in [5.74, 6) is 0.423. The molecule has 0 amide bonds. The lowest BCUT2D eigenvalue weighted by atomic mass is 9.95. The van der Waals surface area contributed by atoms with E-state index in [-0.39, 0.29) is 18.3 Å². The SMILES string of the molecule is COC(=O)C[C@@H](CN)c1ccccc1OC. The van der Waals surface area contributed by atoms with Gasteiger partial charge in [-0.2, -0.15) is 0 Å². The molecule has 0 radical (unpaired) electrons. The quantitative estimate of drug-likeness (QED) is 0.764. The number of nitrogens with two attached hydrogens (primary N) is 1. The number of methoxy groups -OCH3 is 2. The van der Waals surface area contributed by atoms with Crippen LogP contribution in [0.4, 0.5) is 0 Å². The minimum absolute atomic E-state index is 0.0661. The third kappa shape index (κ3) is 2.97. The van der Waals surface area contributed by atoms with E-state index in [9.17, 15) is 4.79 Å². The van der Waals surface area contributed by atoms with Gasteiger partial charge in [0.2, 0.25) is 0 Å². The first-order valence-corrected chi connectivity index (χ1v) is 5.12. The number of hydrogen-bond donors (Lipinski definition) is 1. The van der Waals surface area contributed by atoms with E-state index in [1.165, 1.54) is 7.11 Å². The number of benzene rings is 1. The first-order valence-electron chi connectivity index (χ1n) is 5.12. The zero-order valence-corrected chi connectivity index (χ0v) is 9.60. The van der Waals surface area contributed by atoms with E-state index < -0.39 is 0 Å². The molecule has 16 heavy (non-hydrogen) atoms. The molecule has 0 spiro atoms. The molecule has 0 bridgehead atoms. The molecule has 0 aliphatic heterocycles. The molecule has 1 aromatic carbocycles. The number of ether oxygens (including phenoxy) is 2. The van der Waals surface area contributed by atoms with E-state index in [0.717, 1.165) is 11.3 Å². The van der Waals surface area contributed by atoms with Crippen molar-refractivity contribution in [1.82, 2.24) is 0 Å². The number of para-hydroxylation sites is 1. The number of carbonyl (C=O) groups is 1. The lowest BCUT2D eigenvalue weighted by molar-refractivity contribution is -0.141. The van der Waals surface area contributed by atoms with Crippen LogP contribution in [0.5, 0.6) is 5.75 Å². The van der Waals surface area contributed by atoms with Gasteiger partial charge in [-0.3, -0.25) is 4.79 Å². The molecule has 88 valence electrons. The second kappa shape index (κ2) is 6.12. The summed E-state index contributed by atoms with van der Waals surface area (Å²) in [5, 5.41) is 0. The van der Waals surface area contributed by atoms with Gasteiger partial charge in [-0.05, 0) is 18.2 Å². The van der Waals surface area contributed by atoms with Gasteiger partial charge in [-0.15, -0.1) is 0 Å². The first kappa shape index (κ1) is 12.5. The normalized spacial score (nSPS) is 11.9. The Balaban J connectivity index is 2.89. The van der Waals surface area contributed by atoms with E-state index in [2.05, 4.69) is 4.74 Å². The van der Waals surface area contributed by atoms with Crippen molar-refractivity contribution in [3.05, 3.63) is 29.8 Å². The highest BCUT2D eigenvalue weighted by molar-refractivity contribution is 5.70. The summed E-state index contributed by atoms with van der Waals surface area (Å²) in [6.45, 7) is 0.384. The van der Waals surface area contributed by atoms with Crippen molar-refractivity contribution < 1.29 is 14.3 Å². The minimum atomic E-state index is -0.263. The van der Waals surface area contributed by atoms with Gasteiger partial charge >= 0.3 is 5.97 Å². The predicted octanol–water partition coefficient (Wildman–Crippen LogP) is 1.30. The zero-order valence-electron chi connectivity index (χ0n) is 9.60. The van der Waals surface area contributed by atoms with Crippen molar-refractivity contribution in [1.29, 1.82) is 0 Å². The molecule has 0 fully saturated rings. The molecule has 0 heterocycles. The summed E-state index contributed by atoms with van der Waals surface area (Å²) < 4.78 is 9.88. The first-order chi connectivity index (χ1) is 7.72. The van der Waals surface area contributed by atoms with Crippen LogP contribution in [0.25, 0.3) is 0 Å². The average Bonchev–Trinajstić information content (AvgIpc) is 2.35. The molecule has 4 heteroatoms. The van der Waals surface area contributed by atoms with Crippen molar-refractivity contribution in [2.75, 3.05) is 20.8 Å². The topological polar surface area (TPSA) is 61.5 Å². The third-order valence-electron chi connectivity index (χ3n) is 2.50. The minimum Gasteiger partial charge on any atom is -0.496 e. The number of rotatable bonds is 5. The Morgan fingerprint density at radius 2 is 2.06 bits per heavy atom. The largest absolute Gasteiger partial charge is 0.496 e. The van der Waals surface area contributed by atoms with E-state index in [1.54, 1.807) is 7.11 Å². The Morgan fingerprint density at radius 1 is 1.38 bits per heavy atom. The molecule has 1 aromatic rings. The van der Waals surface area contributed by atoms with Crippen LogP contribution in [0.2, 0.25) is 0 Å². The standard InChI is InChI=1S/C12H17NO3/c1-15-11-6-4-3-5-10(11)9(8-13)7-12(14)16-2/h3-6,9H,7-8,13H2,1-2H3/t9-/m0/s1. The van der Waals surface area contributed by atoms with Gasteiger partial charge in [-0.25, -0.2) is 0 Å². The van der Waals surface area contributed by atoms with Gasteiger partial charge in [0.25, 0.3) is 0 Å². The van der Waals surface area contributed by atoms with Gasteiger partial charge in [0.15, 0.2) is 0 Å². The summed E-state index contributed by atoms with van der Waals surface area (Å²) in [5.41, 5.74) is 6.61. The van der Waals surface area contributed by atoms with Crippen LogP contribution in [0.15, 0.2) is 24.3 Å². The van der Waals surface area contributed by atoms with Gasteiger partial charge in [0.05, 0.1) is 20.6 Å². The molecule has 1 rings (SSSR count). The summed E-state index contributed by atoms with van der Waals surface area (Å²) in [6, 6.07) is 7.56. The monoisotopic (exact) mass is 223 g/mol. The maximum atomic E-state index is 11.2. The summed E-state index contributed by atoms with van der Waals surface area (Å²) in [4.78, 5) is 11.2. The second-order valence-corrected chi connectivity index (χ2v) is 3.45. The van der Waals surface area contributed by atoms with Crippen molar-refractivity contribution >= 4 is 5.97 Å². The number of esters is 1. The molecule has 2 N–H and O–H groups in total. The molecule has 0 saturated carbocycles. The van der Waals surface area contributed by atoms with E-state index in [1.807, 2.05) is 24.3 Å². The fourth-order valence-corrected chi connectivity index (χ4v) is 1.61. The molecule has 1 atom stereocenters. The van der Waals surface area contributed by atoms with Crippen LogP contribution in [-0.2, 0) is 9.53 Å². The third-order valence-corrected chi connectivity index (χ3v) is 2.50. The molecular formula is C12H17NO3. The van der Waals surface area contributed by atoms with Gasteiger partial charge in [0.1, 0.15) is 5.75 Å². The van der Waals surface area contributed by atoms with Crippen LogP contribution in [-0.4, -0.2) is 26.7 Å². The zero-order chi connectivity index (χ0) is 12.0. The average molecular weight is 223 g/mol. The Kier molecular flexibility index (Phi) is 4.79. The Hall–Kier alpha value is -1.55. The Labute approximate surface area is 95.3 Å². The summed E-state index contributed by atoms with van der Waals surface area (Å²) in [6.07, 6.45) is 0.271. The molecule has 0 aliphatic carbocycles. The fraction of sp³-hybridized carbons (Fsp3) is 0.417. The summed E-state index contributed by atoms with van der Waals surface area (Å²) in [7, 11) is 2.97. The van der Waals surface area contributed by atoms with Crippen LogP contribution >= 0.6 is 0 Å². The summed E-state index contributed by atoms with van der Waals surface area (Å²) >= 11 is 0. The number of hydrogen-bond acceptors (Lipinski definition) is 4. The van der Waals surface area contributed by atoms with Gasteiger partial charge in [0, 0.05) is 5.92 Å². The Bertz CT molecular complexity index is 352. The van der Waals surface area contributed by atoms with E-state index in [0.29, 0.717) is 6.54 Å². The van der Waals surface area contributed by atoms with Crippen molar-refractivity contribution in [3.8, 4) is 5.75 Å². The van der Waals surface area contributed by atoms with Gasteiger partial charge in [-0.1, -0.05) is 18.2 Å². The Morgan fingerprint density at radius 3 is 2.62 bits per heavy atom. The lowest BCUT2D eigenvalue weighted by Gasteiger charge is -2.16. The number of carbonyl (C=O) groups excluding carboxylic acids is 1. The maximum absolute atomic E-state index is 11.2. The van der Waals surface area contributed by atoms with Crippen LogP contribution in [0.3, 0.4) is 0 Å². The highest BCUT2D eigenvalue weighted by Crippen LogP contribution is 2.28. The van der Waals surface area contributed by atoms with Crippen LogP contribution in [0, 0.1) is 0 Å². The fourth-order valence-electron chi connectivity index (χ4n) is 1.61. The molecule has 0 saturated heterocycles. The maximum Gasteiger partial charge on any atom is 0.306 e. The highest BCUT2D eigenvalue weighted by Gasteiger charge is 2.18. The highest BCUT2D eigenvalue weighted by atomic mass is 16.5. The van der Waals surface area contributed by atoms with E-state index in [4.69, 9.17) is 10.5 Å². The van der Waals surface area contributed by atoms with Crippen LogP contribution < -0.4 is 10.5 Å². The van der Waals surface area contributed by atoms with E-state index >= 15 is 0 Å². The molecular weight excluding hydrogens is 206 g/mol.